The molecule has 0 aromatic heterocycles. The highest BCUT2D eigenvalue weighted by atomic mass is 16.5. The molecule has 2 nitrogen and oxygen atoms in total. The van der Waals surface area contributed by atoms with Crippen LogP contribution < -0.4 is 5.32 Å². The second-order valence-electron chi connectivity index (χ2n) is 3.81. The molecule has 0 aromatic carbocycles. The van der Waals surface area contributed by atoms with Crippen molar-refractivity contribution >= 4 is 0 Å². The van der Waals surface area contributed by atoms with Crippen LogP contribution in [0.5, 0.6) is 0 Å². The van der Waals surface area contributed by atoms with Gasteiger partial charge >= 0.3 is 0 Å². The van der Waals surface area contributed by atoms with Crippen molar-refractivity contribution < 1.29 is 4.74 Å². The fourth-order valence-corrected chi connectivity index (χ4v) is 2.00. The minimum absolute atomic E-state index is 0.386. The van der Waals surface area contributed by atoms with Crippen LogP contribution in [0.15, 0.2) is 0 Å². The van der Waals surface area contributed by atoms with Crippen LogP contribution >= 0.6 is 0 Å². The molecule has 0 saturated carbocycles. The number of terminal acetylenes is 1. The maximum absolute atomic E-state index is 5.76. The zero-order valence-corrected chi connectivity index (χ0v) is 9.09. The molecule has 1 aliphatic heterocycles. The number of nitrogens with one attached hydrogen (secondary N) is 1. The lowest BCUT2D eigenvalue weighted by Crippen LogP contribution is -2.42. The topological polar surface area (TPSA) is 21.3 Å². The molecule has 2 heteroatoms. The lowest BCUT2D eigenvalue weighted by Gasteiger charge is -2.30. The summed E-state index contributed by atoms with van der Waals surface area (Å²) in [4.78, 5) is 0. The lowest BCUT2D eigenvalue weighted by atomic mass is 9.98. The van der Waals surface area contributed by atoms with Gasteiger partial charge in [-0.1, -0.05) is 6.92 Å². The smallest absolute Gasteiger partial charge is 0.0728 e. The summed E-state index contributed by atoms with van der Waals surface area (Å²) in [7, 11) is 0. The maximum atomic E-state index is 5.76. The summed E-state index contributed by atoms with van der Waals surface area (Å²) in [5.41, 5.74) is 0. The van der Waals surface area contributed by atoms with E-state index in [2.05, 4.69) is 18.2 Å². The van der Waals surface area contributed by atoms with E-state index in [4.69, 9.17) is 11.2 Å². The Bertz CT molecular complexity index is 179. The van der Waals surface area contributed by atoms with Crippen molar-refractivity contribution in [3.8, 4) is 12.3 Å². The normalized spacial score (nSPS) is 24.1. The van der Waals surface area contributed by atoms with E-state index in [0.29, 0.717) is 12.1 Å². The van der Waals surface area contributed by atoms with Gasteiger partial charge in [0.1, 0.15) is 0 Å². The highest BCUT2D eigenvalue weighted by Gasteiger charge is 2.22. The van der Waals surface area contributed by atoms with Crippen LogP contribution in [0.1, 0.15) is 39.0 Å². The highest BCUT2D eigenvalue weighted by Crippen LogP contribution is 2.18. The number of rotatable bonds is 5. The summed E-state index contributed by atoms with van der Waals surface area (Å²) in [6.07, 6.45) is 11.2. The molecule has 80 valence electrons. The van der Waals surface area contributed by atoms with Crippen molar-refractivity contribution in [3.63, 3.8) is 0 Å². The summed E-state index contributed by atoms with van der Waals surface area (Å²) in [5.74, 6) is 2.70. The van der Waals surface area contributed by atoms with E-state index in [1.54, 1.807) is 0 Å². The largest absolute Gasteiger partial charge is 0.377 e. The Morgan fingerprint density at radius 3 is 3.00 bits per heavy atom. The molecule has 14 heavy (non-hydrogen) atoms. The zero-order chi connectivity index (χ0) is 10.2. The first-order valence-corrected chi connectivity index (χ1v) is 5.67. The Labute approximate surface area is 87.4 Å². The summed E-state index contributed by atoms with van der Waals surface area (Å²) in [6, 6.07) is 0.455. The standard InChI is InChI=1S/C12H21NO/c1-3-5-8-11(13-4-2)12-9-6-7-10-14-12/h1,11-13H,4-10H2,2H3. The van der Waals surface area contributed by atoms with Crippen molar-refractivity contribution in [2.75, 3.05) is 13.2 Å². The van der Waals surface area contributed by atoms with Crippen molar-refractivity contribution in [3.05, 3.63) is 0 Å². The maximum Gasteiger partial charge on any atom is 0.0728 e. The van der Waals surface area contributed by atoms with E-state index in [0.717, 1.165) is 26.0 Å². The summed E-state index contributed by atoms with van der Waals surface area (Å²) in [6.45, 7) is 4.05. The van der Waals surface area contributed by atoms with E-state index < -0.39 is 0 Å². The first-order valence-electron chi connectivity index (χ1n) is 5.67. The molecule has 2 atom stereocenters. The molecule has 0 amide bonds. The van der Waals surface area contributed by atoms with Crippen LogP contribution in [-0.4, -0.2) is 25.3 Å². The Morgan fingerprint density at radius 2 is 2.43 bits per heavy atom. The van der Waals surface area contributed by atoms with Crippen LogP contribution in [0.25, 0.3) is 0 Å². The third-order valence-corrected chi connectivity index (χ3v) is 2.73. The predicted molar refractivity (Wildman–Crippen MR) is 59.1 cm³/mol. The Balaban J connectivity index is 2.35. The van der Waals surface area contributed by atoms with Gasteiger partial charge in [-0.25, -0.2) is 0 Å². The number of ether oxygens (including phenoxy) is 1. The minimum atomic E-state index is 0.386. The van der Waals surface area contributed by atoms with Crippen molar-refractivity contribution in [1.82, 2.24) is 5.32 Å². The van der Waals surface area contributed by atoms with Gasteiger partial charge in [-0.3, -0.25) is 0 Å². The van der Waals surface area contributed by atoms with Crippen LogP contribution in [-0.2, 0) is 4.74 Å². The van der Waals surface area contributed by atoms with Crippen LogP contribution in [0, 0.1) is 12.3 Å². The quantitative estimate of drug-likeness (QED) is 0.677. The average molecular weight is 195 g/mol. The van der Waals surface area contributed by atoms with E-state index >= 15 is 0 Å². The van der Waals surface area contributed by atoms with Gasteiger partial charge in [0.15, 0.2) is 0 Å². The molecule has 1 heterocycles. The monoisotopic (exact) mass is 195 g/mol. The second-order valence-corrected chi connectivity index (χ2v) is 3.81. The van der Waals surface area contributed by atoms with Crippen LogP contribution in [0.2, 0.25) is 0 Å². The minimum Gasteiger partial charge on any atom is -0.377 e. The fraction of sp³-hybridized carbons (Fsp3) is 0.833. The predicted octanol–water partition coefficient (Wildman–Crippen LogP) is 1.95. The molecule has 0 aliphatic carbocycles. The van der Waals surface area contributed by atoms with Gasteiger partial charge in [0.05, 0.1) is 6.10 Å². The third kappa shape index (κ3) is 3.69. The van der Waals surface area contributed by atoms with Gasteiger partial charge in [-0.15, -0.1) is 12.3 Å². The molecule has 1 saturated heterocycles. The van der Waals surface area contributed by atoms with Crippen molar-refractivity contribution in [2.24, 2.45) is 0 Å². The van der Waals surface area contributed by atoms with Gasteiger partial charge in [0.25, 0.3) is 0 Å². The number of hydrogen-bond acceptors (Lipinski definition) is 2. The second kappa shape index (κ2) is 6.86. The molecule has 2 unspecified atom stereocenters. The van der Waals surface area contributed by atoms with E-state index in [1.807, 2.05) is 0 Å². The molecule has 0 bridgehead atoms. The van der Waals surface area contributed by atoms with Crippen molar-refractivity contribution in [1.29, 1.82) is 0 Å². The summed E-state index contributed by atoms with van der Waals surface area (Å²) >= 11 is 0. The van der Waals surface area contributed by atoms with Gasteiger partial charge in [0.2, 0.25) is 0 Å². The first kappa shape index (κ1) is 11.6. The Kier molecular flexibility index (Phi) is 5.66. The van der Waals surface area contributed by atoms with Crippen LogP contribution in [0.3, 0.4) is 0 Å². The fourth-order valence-electron chi connectivity index (χ4n) is 2.00. The number of likely N-dealkylation sites (N-methyl/N-ethyl adjacent to an activating group) is 1. The lowest BCUT2D eigenvalue weighted by molar-refractivity contribution is -0.00861. The molecule has 0 radical (unpaired) electrons. The van der Waals surface area contributed by atoms with E-state index in [9.17, 15) is 0 Å². The molecule has 1 N–H and O–H groups in total. The third-order valence-electron chi connectivity index (χ3n) is 2.73. The summed E-state index contributed by atoms with van der Waals surface area (Å²) in [5, 5.41) is 3.47. The SMILES string of the molecule is C#CCCC(NCC)C1CCCCO1. The Morgan fingerprint density at radius 1 is 1.57 bits per heavy atom. The van der Waals surface area contributed by atoms with Crippen molar-refractivity contribution in [2.45, 2.75) is 51.2 Å². The van der Waals surface area contributed by atoms with E-state index in [-0.39, 0.29) is 0 Å². The molecule has 0 spiro atoms. The van der Waals surface area contributed by atoms with Gasteiger partial charge in [0, 0.05) is 19.1 Å². The highest BCUT2D eigenvalue weighted by molar-refractivity contribution is 4.88. The van der Waals surface area contributed by atoms with Gasteiger partial charge in [-0.05, 0) is 32.2 Å². The zero-order valence-electron chi connectivity index (χ0n) is 9.09. The Hall–Kier alpha value is -0.520. The molecule has 1 fully saturated rings. The molecular weight excluding hydrogens is 174 g/mol. The average Bonchev–Trinajstić information content (AvgIpc) is 2.25. The van der Waals surface area contributed by atoms with Gasteiger partial charge < -0.3 is 10.1 Å². The van der Waals surface area contributed by atoms with E-state index in [1.165, 1.54) is 19.3 Å². The first-order chi connectivity index (χ1) is 6.88. The molecule has 0 aromatic rings. The van der Waals surface area contributed by atoms with Crippen LogP contribution in [0.4, 0.5) is 0 Å². The van der Waals surface area contributed by atoms with Gasteiger partial charge in [-0.2, -0.15) is 0 Å². The molecule has 1 aliphatic rings. The summed E-state index contributed by atoms with van der Waals surface area (Å²) < 4.78 is 5.76. The molecular formula is C12H21NO. The molecule has 1 rings (SSSR count). The number of hydrogen-bond donors (Lipinski definition) is 1.